The van der Waals surface area contributed by atoms with Gasteiger partial charge in [-0.2, -0.15) is 0 Å². The second-order valence-corrected chi connectivity index (χ2v) is 11.1. The number of hydrogen-bond acceptors (Lipinski definition) is 5. The average Bonchev–Trinajstić information content (AvgIpc) is 3.14. The fraction of sp³-hybridized carbons (Fsp3) is 0.536. The van der Waals surface area contributed by atoms with Crippen LogP contribution in [0.1, 0.15) is 32.8 Å². The molecule has 3 amide bonds. The molecule has 4 aliphatic rings. The third-order valence-corrected chi connectivity index (χ3v) is 8.57. The third-order valence-electron chi connectivity index (χ3n) is 8.27. The van der Waals surface area contributed by atoms with Crippen molar-refractivity contribution in [3.05, 3.63) is 53.1 Å². The number of aryl methyl sites for hydroxylation is 1. The smallest absolute Gasteiger partial charge is 0.253 e. The van der Waals surface area contributed by atoms with Crippen LogP contribution in [0.2, 0.25) is 5.02 Å². The number of aliphatic hydroxyl groups is 1. The summed E-state index contributed by atoms with van der Waals surface area (Å²) in [6.07, 6.45) is 8.22. The van der Waals surface area contributed by atoms with Crippen LogP contribution in [0.5, 0.6) is 0 Å². The Kier molecular flexibility index (Phi) is 6.49. The Morgan fingerprint density at radius 2 is 1.84 bits per heavy atom. The average molecular weight is 528 g/mol. The van der Waals surface area contributed by atoms with Crippen LogP contribution in [-0.2, 0) is 19.1 Å². The van der Waals surface area contributed by atoms with Crippen molar-refractivity contribution in [3.8, 4) is 0 Å². The lowest BCUT2D eigenvalue weighted by molar-refractivity contribution is -0.150. The van der Waals surface area contributed by atoms with Gasteiger partial charge in [0.25, 0.3) is 5.91 Å². The number of para-hydroxylation sites is 1. The van der Waals surface area contributed by atoms with Crippen LogP contribution in [0.15, 0.2) is 42.5 Å². The Balaban J connectivity index is 1.68. The van der Waals surface area contributed by atoms with E-state index >= 15 is 0 Å². The zero-order valence-electron chi connectivity index (χ0n) is 21.7. The minimum Gasteiger partial charge on any atom is -0.394 e. The first-order valence-electron chi connectivity index (χ1n) is 12.9. The zero-order valence-corrected chi connectivity index (χ0v) is 22.4. The van der Waals surface area contributed by atoms with Crippen molar-refractivity contribution >= 4 is 35.0 Å². The fourth-order valence-corrected chi connectivity index (χ4v) is 7.03. The highest BCUT2D eigenvalue weighted by Gasteiger charge is 2.75. The number of anilines is 1. The van der Waals surface area contributed by atoms with Gasteiger partial charge in [-0.05, 0) is 38.8 Å². The molecule has 0 aliphatic carbocycles. The van der Waals surface area contributed by atoms with Crippen LogP contribution in [0.4, 0.5) is 5.69 Å². The standard InChI is InChI=1S/C28H34ClN3O5/c1-5-13-30-14-7-11-27(4)20(24(30)34)21-25(35)32(18(3)16-33)23-26(36)31(15-8-12-28(21,23)37-27)22-17(2)9-6-10-19(22)29/h6-12,18,20-21,23,33H,5,13-16H2,1-4H3/t18-,20-,21+,23?,27+,28+/m1/s1. The number of halogens is 1. The maximum atomic E-state index is 14.4. The minimum atomic E-state index is -1.36. The molecule has 2 saturated heterocycles. The van der Waals surface area contributed by atoms with Crippen LogP contribution in [0.3, 0.4) is 0 Å². The monoisotopic (exact) mass is 527 g/mol. The fourth-order valence-electron chi connectivity index (χ4n) is 6.71. The topological polar surface area (TPSA) is 90.4 Å². The molecule has 198 valence electrons. The summed E-state index contributed by atoms with van der Waals surface area (Å²) in [6.45, 7) is 8.35. The molecule has 0 saturated carbocycles. The van der Waals surface area contributed by atoms with Gasteiger partial charge in [0.05, 0.1) is 40.8 Å². The third kappa shape index (κ3) is 3.67. The van der Waals surface area contributed by atoms with Crippen LogP contribution in [0, 0.1) is 18.8 Å². The largest absolute Gasteiger partial charge is 0.394 e. The van der Waals surface area contributed by atoms with Gasteiger partial charge in [-0.1, -0.05) is 55.0 Å². The molecular weight excluding hydrogens is 494 g/mol. The van der Waals surface area contributed by atoms with Crippen molar-refractivity contribution in [1.82, 2.24) is 9.80 Å². The summed E-state index contributed by atoms with van der Waals surface area (Å²) >= 11 is 6.56. The van der Waals surface area contributed by atoms with Gasteiger partial charge in [-0.3, -0.25) is 14.4 Å². The molecule has 5 rings (SSSR count). The molecule has 0 bridgehead atoms. The van der Waals surface area contributed by atoms with E-state index in [0.717, 1.165) is 12.0 Å². The lowest BCUT2D eigenvalue weighted by Gasteiger charge is -2.39. The van der Waals surface area contributed by atoms with Gasteiger partial charge in [-0.15, -0.1) is 0 Å². The molecule has 1 unspecified atom stereocenters. The lowest BCUT2D eigenvalue weighted by Crippen LogP contribution is -2.58. The minimum absolute atomic E-state index is 0.147. The van der Waals surface area contributed by atoms with E-state index in [0.29, 0.717) is 23.8 Å². The van der Waals surface area contributed by atoms with Gasteiger partial charge >= 0.3 is 0 Å². The SMILES string of the molecule is CCCN1CC=C[C@]2(C)O[C@]34C=CCN(c5c(C)cccc5Cl)C(=O)C3N([C@H](C)CO)C(=O)[C@@H]4[C@@H]2C1=O. The number of benzene rings is 1. The molecule has 8 nitrogen and oxygen atoms in total. The van der Waals surface area contributed by atoms with Gasteiger partial charge < -0.3 is 24.5 Å². The summed E-state index contributed by atoms with van der Waals surface area (Å²) in [5, 5.41) is 10.5. The van der Waals surface area contributed by atoms with Crippen LogP contribution < -0.4 is 4.90 Å². The highest BCUT2D eigenvalue weighted by atomic mass is 35.5. The second-order valence-electron chi connectivity index (χ2n) is 10.7. The quantitative estimate of drug-likeness (QED) is 0.595. The maximum Gasteiger partial charge on any atom is 0.253 e. The Morgan fingerprint density at radius 1 is 1.11 bits per heavy atom. The van der Waals surface area contributed by atoms with E-state index < -0.39 is 35.1 Å². The van der Waals surface area contributed by atoms with Crippen molar-refractivity contribution in [2.75, 3.05) is 31.1 Å². The van der Waals surface area contributed by atoms with E-state index in [-0.39, 0.29) is 30.9 Å². The Labute approximate surface area is 222 Å². The van der Waals surface area contributed by atoms with E-state index in [1.807, 2.05) is 51.1 Å². The van der Waals surface area contributed by atoms with E-state index in [9.17, 15) is 19.5 Å². The van der Waals surface area contributed by atoms with Gasteiger partial charge in [0.1, 0.15) is 11.6 Å². The highest BCUT2D eigenvalue weighted by Crippen LogP contribution is 2.58. The van der Waals surface area contributed by atoms with Crippen molar-refractivity contribution in [1.29, 1.82) is 0 Å². The molecule has 1 spiro atoms. The number of hydrogen-bond donors (Lipinski definition) is 1. The molecule has 37 heavy (non-hydrogen) atoms. The highest BCUT2D eigenvalue weighted by molar-refractivity contribution is 6.34. The molecule has 4 aliphatic heterocycles. The summed E-state index contributed by atoms with van der Waals surface area (Å²) in [5.41, 5.74) is -1.03. The molecule has 4 heterocycles. The first kappa shape index (κ1) is 25.9. The molecule has 1 N–H and O–H groups in total. The summed E-state index contributed by atoms with van der Waals surface area (Å²) in [4.78, 5) is 47.3. The van der Waals surface area contributed by atoms with Crippen molar-refractivity contribution in [2.24, 2.45) is 11.8 Å². The first-order chi connectivity index (χ1) is 17.6. The molecule has 2 fully saturated rings. The Bertz CT molecular complexity index is 1180. The van der Waals surface area contributed by atoms with E-state index in [1.54, 1.807) is 28.9 Å². The molecule has 1 aromatic carbocycles. The summed E-state index contributed by atoms with van der Waals surface area (Å²) in [6, 6.07) is 3.72. The maximum absolute atomic E-state index is 14.4. The van der Waals surface area contributed by atoms with Crippen molar-refractivity contribution < 1.29 is 24.2 Å². The molecule has 9 heteroatoms. The number of fused-ring (bicyclic) bond motifs is 2. The summed E-state index contributed by atoms with van der Waals surface area (Å²) in [5.74, 6) is -2.55. The number of carbonyl (C=O) groups excluding carboxylic acids is 3. The molecule has 6 atom stereocenters. The van der Waals surface area contributed by atoms with Crippen LogP contribution >= 0.6 is 11.6 Å². The Hall–Kier alpha value is -2.68. The van der Waals surface area contributed by atoms with Gasteiger partial charge in [0.2, 0.25) is 11.8 Å². The summed E-state index contributed by atoms with van der Waals surface area (Å²) < 4.78 is 6.79. The Morgan fingerprint density at radius 3 is 2.51 bits per heavy atom. The number of rotatable bonds is 5. The number of amides is 3. The number of nitrogens with zero attached hydrogens (tertiary/aromatic N) is 3. The first-order valence-corrected chi connectivity index (χ1v) is 13.3. The second kappa shape index (κ2) is 9.26. The number of ether oxygens (including phenoxy) is 1. The predicted molar refractivity (Wildman–Crippen MR) is 140 cm³/mol. The molecule has 0 aromatic heterocycles. The van der Waals surface area contributed by atoms with Gasteiger partial charge in [0, 0.05) is 19.6 Å². The lowest BCUT2D eigenvalue weighted by atomic mass is 9.74. The van der Waals surface area contributed by atoms with E-state index in [4.69, 9.17) is 16.3 Å². The summed E-state index contributed by atoms with van der Waals surface area (Å²) in [7, 11) is 0. The normalized spacial score (nSPS) is 33.8. The number of carbonyl (C=O) groups is 3. The van der Waals surface area contributed by atoms with Crippen LogP contribution in [0.25, 0.3) is 0 Å². The molecule has 0 radical (unpaired) electrons. The van der Waals surface area contributed by atoms with Gasteiger partial charge in [-0.25, -0.2) is 0 Å². The van der Waals surface area contributed by atoms with E-state index in [1.165, 1.54) is 4.90 Å². The number of likely N-dealkylation sites (tertiary alicyclic amines) is 1. The van der Waals surface area contributed by atoms with Crippen molar-refractivity contribution in [2.45, 2.75) is 57.4 Å². The van der Waals surface area contributed by atoms with E-state index in [2.05, 4.69) is 0 Å². The predicted octanol–water partition coefficient (Wildman–Crippen LogP) is 2.71. The molecular formula is C28H34ClN3O5. The van der Waals surface area contributed by atoms with Crippen LogP contribution in [-0.4, -0.2) is 82.2 Å². The van der Waals surface area contributed by atoms with Crippen molar-refractivity contribution in [3.63, 3.8) is 0 Å². The zero-order chi connectivity index (χ0) is 26.7. The molecule has 1 aromatic rings. The number of aliphatic hydroxyl groups excluding tert-OH is 1. The van der Waals surface area contributed by atoms with Gasteiger partial charge in [0.15, 0.2) is 0 Å².